The van der Waals surface area contributed by atoms with Crippen LogP contribution in [0.2, 0.25) is 0 Å². The molecule has 0 aliphatic rings. The highest BCUT2D eigenvalue weighted by atomic mass is 19.1. The van der Waals surface area contributed by atoms with Gasteiger partial charge in [-0.15, -0.1) is 0 Å². The Balaban J connectivity index is 1.90. The van der Waals surface area contributed by atoms with Gasteiger partial charge in [-0.1, -0.05) is 24.3 Å². The van der Waals surface area contributed by atoms with Crippen LogP contribution in [0.15, 0.2) is 48.5 Å². The van der Waals surface area contributed by atoms with E-state index in [1.165, 1.54) is 12.1 Å². The Labute approximate surface area is 116 Å². The lowest BCUT2D eigenvalue weighted by molar-refractivity contribution is 0.251. The number of anilines is 1. The molecule has 0 bridgehead atoms. The van der Waals surface area contributed by atoms with Crippen LogP contribution >= 0.6 is 0 Å². The number of methoxy groups -OCH3 is 1. The number of hydrogen-bond donors (Lipinski definition) is 2. The molecule has 2 aromatic rings. The van der Waals surface area contributed by atoms with Gasteiger partial charge < -0.3 is 15.4 Å². The third-order valence-electron chi connectivity index (χ3n) is 2.71. The summed E-state index contributed by atoms with van der Waals surface area (Å²) < 4.78 is 18.4. The number of carbonyl (C=O) groups excluding carboxylic acids is 1. The summed E-state index contributed by atoms with van der Waals surface area (Å²) in [4.78, 5) is 11.7. The van der Waals surface area contributed by atoms with Crippen LogP contribution < -0.4 is 15.4 Å². The van der Waals surface area contributed by atoms with E-state index in [1.54, 1.807) is 19.2 Å². The van der Waals surface area contributed by atoms with E-state index in [0.717, 1.165) is 11.3 Å². The van der Waals surface area contributed by atoms with Gasteiger partial charge >= 0.3 is 6.03 Å². The average molecular weight is 274 g/mol. The number of ether oxygens (including phenoxy) is 1. The summed E-state index contributed by atoms with van der Waals surface area (Å²) in [6, 6.07) is 12.9. The minimum absolute atomic E-state index is 0.149. The molecule has 2 N–H and O–H groups in total. The minimum Gasteiger partial charge on any atom is -0.497 e. The largest absolute Gasteiger partial charge is 0.497 e. The second-order valence-electron chi connectivity index (χ2n) is 4.14. The van der Waals surface area contributed by atoms with Crippen LogP contribution in [0.3, 0.4) is 0 Å². The van der Waals surface area contributed by atoms with Crippen LogP contribution in [-0.4, -0.2) is 13.1 Å². The minimum atomic E-state index is -0.468. The SMILES string of the molecule is COc1cccc(CNC(=O)Nc2ccccc2F)c1. The highest BCUT2D eigenvalue weighted by Gasteiger charge is 2.05. The second-order valence-corrected chi connectivity index (χ2v) is 4.14. The molecular formula is C15H15FN2O2. The molecular weight excluding hydrogens is 259 g/mol. The molecule has 0 unspecified atom stereocenters. The lowest BCUT2D eigenvalue weighted by Gasteiger charge is -2.09. The molecule has 4 nitrogen and oxygen atoms in total. The Hall–Kier alpha value is -2.56. The Morgan fingerprint density at radius 2 is 2.00 bits per heavy atom. The molecule has 0 aromatic heterocycles. The molecule has 0 saturated heterocycles. The fourth-order valence-electron chi connectivity index (χ4n) is 1.69. The summed E-state index contributed by atoms with van der Waals surface area (Å²) >= 11 is 0. The van der Waals surface area contributed by atoms with Crippen molar-refractivity contribution in [1.82, 2.24) is 5.32 Å². The molecule has 20 heavy (non-hydrogen) atoms. The smallest absolute Gasteiger partial charge is 0.319 e. The van der Waals surface area contributed by atoms with Crippen molar-refractivity contribution >= 4 is 11.7 Å². The number of para-hydroxylation sites is 1. The summed E-state index contributed by atoms with van der Waals surface area (Å²) in [7, 11) is 1.58. The van der Waals surface area contributed by atoms with Crippen LogP contribution in [-0.2, 0) is 6.54 Å². The lowest BCUT2D eigenvalue weighted by Crippen LogP contribution is -2.28. The van der Waals surface area contributed by atoms with Gasteiger partial charge in [0.05, 0.1) is 12.8 Å². The molecule has 0 aliphatic carbocycles. The van der Waals surface area contributed by atoms with E-state index in [2.05, 4.69) is 10.6 Å². The maximum atomic E-state index is 13.4. The number of halogens is 1. The van der Waals surface area contributed by atoms with Crippen LogP contribution in [0.1, 0.15) is 5.56 Å². The summed E-state index contributed by atoms with van der Waals surface area (Å²) in [5.41, 5.74) is 1.05. The van der Waals surface area contributed by atoms with Crippen molar-refractivity contribution in [2.24, 2.45) is 0 Å². The number of hydrogen-bond acceptors (Lipinski definition) is 2. The van der Waals surface area contributed by atoms with Crippen molar-refractivity contribution in [3.05, 3.63) is 59.9 Å². The van der Waals surface area contributed by atoms with Crippen LogP contribution in [0.4, 0.5) is 14.9 Å². The normalized spacial score (nSPS) is 9.90. The molecule has 104 valence electrons. The molecule has 0 fully saturated rings. The summed E-state index contributed by atoms with van der Waals surface area (Å²) in [6.45, 7) is 0.331. The zero-order valence-corrected chi connectivity index (χ0v) is 11.0. The van der Waals surface area contributed by atoms with Gasteiger partial charge in [0, 0.05) is 6.54 Å². The monoisotopic (exact) mass is 274 g/mol. The van der Waals surface area contributed by atoms with E-state index in [4.69, 9.17) is 4.74 Å². The zero-order chi connectivity index (χ0) is 14.4. The maximum Gasteiger partial charge on any atom is 0.319 e. The topological polar surface area (TPSA) is 50.4 Å². The van der Waals surface area contributed by atoms with Crippen molar-refractivity contribution in [1.29, 1.82) is 0 Å². The third-order valence-corrected chi connectivity index (χ3v) is 2.71. The maximum absolute atomic E-state index is 13.4. The van der Waals surface area contributed by atoms with E-state index in [1.807, 2.05) is 24.3 Å². The van der Waals surface area contributed by atoms with Crippen LogP contribution in [0, 0.1) is 5.82 Å². The van der Waals surface area contributed by atoms with Crippen molar-refractivity contribution in [3.8, 4) is 5.75 Å². The Bertz CT molecular complexity index is 602. The highest BCUT2D eigenvalue weighted by Crippen LogP contribution is 2.13. The number of rotatable bonds is 4. The van der Waals surface area contributed by atoms with Crippen LogP contribution in [0.5, 0.6) is 5.75 Å². The van der Waals surface area contributed by atoms with Gasteiger partial charge in [-0.3, -0.25) is 0 Å². The van der Waals surface area contributed by atoms with Crippen LogP contribution in [0.25, 0.3) is 0 Å². The molecule has 0 radical (unpaired) electrons. The summed E-state index contributed by atoms with van der Waals surface area (Å²) in [6.07, 6.45) is 0. The zero-order valence-electron chi connectivity index (χ0n) is 11.0. The van der Waals surface area contributed by atoms with E-state index in [-0.39, 0.29) is 5.69 Å². The van der Waals surface area contributed by atoms with Gasteiger partial charge in [0.15, 0.2) is 0 Å². The molecule has 5 heteroatoms. The van der Waals surface area contributed by atoms with Crippen molar-refractivity contribution in [2.45, 2.75) is 6.54 Å². The average Bonchev–Trinajstić information content (AvgIpc) is 2.48. The Morgan fingerprint density at radius 1 is 1.20 bits per heavy atom. The van der Waals surface area contributed by atoms with E-state index >= 15 is 0 Å². The standard InChI is InChI=1S/C15H15FN2O2/c1-20-12-6-4-5-11(9-12)10-17-15(19)18-14-8-3-2-7-13(14)16/h2-9H,10H2,1H3,(H2,17,18,19). The molecule has 0 atom stereocenters. The van der Waals surface area contributed by atoms with Gasteiger partial charge in [-0.25, -0.2) is 9.18 Å². The molecule has 2 rings (SSSR count). The second kappa shape index (κ2) is 6.56. The molecule has 0 spiro atoms. The molecule has 2 amide bonds. The van der Waals surface area contributed by atoms with Crippen molar-refractivity contribution in [3.63, 3.8) is 0 Å². The number of amides is 2. The van der Waals surface area contributed by atoms with E-state index < -0.39 is 11.8 Å². The first-order valence-corrected chi connectivity index (χ1v) is 6.11. The number of nitrogens with one attached hydrogen (secondary N) is 2. The van der Waals surface area contributed by atoms with Gasteiger partial charge in [0.2, 0.25) is 0 Å². The first-order chi connectivity index (χ1) is 9.69. The van der Waals surface area contributed by atoms with Crippen molar-refractivity contribution in [2.75, 3.05) is 12.4 Å². The summed E-state index contributed by atoms with van der Waals surface area (Å²) in [5, 5.41) is 5.11. The molecule has 2 aromatic carbocycles. The Morgan fingerprint density at radius 3 is 2.75 bits per heavy atom. The highest BCUT2D eigenvalue weighted by molar-refractivity contribution is 5.89. The van der Waals surface area contributed by atoms with E-state index in [0.29, 0.717) is 6.54 Å². The quantitative estimate of drug-likeness (QED) is 0.899. The predicted molar refractivity (Wildman–Crippen MR) is 75.3 cm³/mol. The van der Waals surface area contributed by atoms with Gasteiger partial charge in [0.1, 0.15) is 11.6 Å². The molecule has 0 saturated carbocycles. The number of benzene rings is 2. The first kappa shape index (κ1) is 13.9. The molecule has 0 heterocycles. The Kier molecular flexibility index (Phi) is 4.55. The predicted octanol–water partition coefficient (Wildman–Crippen LogP) is 3.16. The number of urea groups is 1. The van der Waals surface area contributed by atoms with E-state index in [9.17, 15) is 9.18 Å². The summed E-state index contributed by atoms with van der Waals surface area (Å²) in [5.74, 6) is 0.253. The fourth-order valence-corrected chi connectivity index (χ4v) is 1.69. The fraction of sp³-hybridized carbons (Fsp3) is 0.133. The van der Waals surface area contributed by atoms with Gasteiger partial charge in [0.25, 0.3) is 0 Å². The lowest BCUT2D eigenvalue weighted by atomic mass is 10.2. The van der Waals surface area contributed by atoms with Gasteiger partial charge in [-0.2, -0.15) is 0 Å². The number of carbonyl (C=O) groups is 1. The third kappa shape index (κ3) is 3.71. The molecule has 0 aliphatic heterocycles. The van der Waals surface area contributed by atoms with Gasteiger partial charge in [-0.05, 0) is 29.8 Å². The first-order valence-electron chi connectivity index (χ1n) is 6.11. The van der Waals surface area contributed by atoms with Crippen molar-refractivity contribution < 1.29 is 13.9 Å².